The highest BCUT2D eigenvalue weighted by molar-refractivity contribution is 9.09. The van der Waals surface area contributed by atoms with Crippen LogP contribution in [0.2, 0.25) is 5.02 Å². The van der Waals surface area contributed by atoms with Crippen LogP contribution < -0.4 is 0 Å². The maximum atomic E-state index is 13.4. The lowest BCUT2D eigenvalue weighted by Gasteiger charge is -2.08. The predicted octanol–water partition coefficient (Wildman–Crippen LogP) is 2.83. The van der Waals surface area contributed by atoms with Gasteiger partial charge in [-0.3, -0.25) is 0 Å². The molecule has 70 valence electrons. The van der Waals surface area contributed by atoms with Crippen molar-refractivity contribution < 1.29 is 9.50 Å². The highest BCUT2D eigenvalue weighted by atomic mass is 79.9. The molecule has 4 heteroatoms. The first-order valence-corrected chi connectivity index (χ1v) is 5.19. The molecule has 0 aromatic heterocycles. The van der Waals surface area contributed by atoms with Crippen molar-refractivity contribution in [3.05, 3.63) is 34.1 Å². The number of alkyl halides is 1. The van der Waals surface area contributed by atoms with Crippen molar-refractivity contribution in [2.24, 2.45) is 0 Å². The highest BCUT2D eigenvalue weighted by Gasteiger charge is 2.32. The largest absolute Gasteiger partial charge is 0.387 e. The summed E-state index contributed by atoms with van der Waals surface area (Å²) in [5.74, 6) is -0.492. The van der Waals surface area contributed by atoms with Crippen LogP contribution in [-0.2, 0) is 6.42 Å². The first-order valence-electron chi connectivity index (χ1n) is 3.90. The van der Waals surface area contributed by atoms with Crippen LogP contribution in [-0.4, -0.2) is 9.93 Å². The van der Waals surface area contributed by atoms with E-state index in [9.17, 15) is 9.50 Å². The van der Waals surface area contributed by atoms with Gasteiger partial charge >= 0.3 is 0 Å². The third-order valence-electron chi connectivity index (χ3n) is 2.28. The highest BCUT2D eigenvalue weighted by Crippen LogP contribution is 2.39. The van der Waals surface area contributed by atoms with E-state index in [2.05, 4.69) is 15.9 Å². The zero-order valence-corrected chi connectivity index (χ0v) is 8.94. The van der Waals surface area contributed by atoms with Crippen molar-refractivity contribution in [2.45, 2.75) is 17.4 Å². The number of rotatable bonds is 0. The summed E-state index contributed by atoms with van der Waals surface area (Å²) in [4.78, 5) is -0.101. The number of fused-ring (bicyclic) bond motifs is 1. The predicted molar refractivity (Wildman–Crippen MR) is 52.8 cm³/mol. The SMILES string of the molecule is OC1c2c(ccc(Cl)c2F)CC1Br. The van der Waals surface area contributed by atoms with Gasteiger partial charge in [0.05, 0.1) is 11.1 Å². The van der Waals surface area contributed by atoms with E-state index in [1.54, 1.807) is 6.07 Å². The fourth-order valence-electron chi connectivity index (χ4n) is 1.61. The van der Waals surface area contributed by atoms with E-state index in [1.165, 1.54) is 6.07 Å². The molecule has 2 rings (SSSR count). The topological polar surface area (TPSA) is 20.2 Å². The Bertz CT molecular complexity index is 356. The number of aliphatic hydroxyl groups excluding tert-OH is 1. The van der Waals surface area contributed by atoms with E-state index >= 15 is 0 Å². The standard InChI is InChI=1S/C9H7BrClFO/c10-5-3-4-1-2-6(11)8(12)7(4)9(5)13/h1-2,5,9,13H,3H2. The van der Waals surface area contributed by atoms with Gasteiger partial charge in [0, 0.05) is 10.4 Å². The first-order chi connectivity index (χ1) is 6.11. The fourth-order valence-corrected chi connectivity index (χ4v) is 2.38. The van der Waals surface area contributed by atoms with Crippen LogP contribution in [0.4, 0.5) is 4.39 Å². The molecule has 0 fully saturated rings. The van der Waals surface area contributed by atoms with Gasteiger partial charge in [-0.2, -0.15) is 0 Å². The van der Waals surface area contributed by atoms with Crippen molar-refractivity contribution in [3.8, 4) is 0 Å². The molecule has 2 atom stereocenters. The van der Waals surface area contributed by atoms with Crippen molar-refractivity contribution in [1.82, 2.24) is 0 Å². The Morgan fingerprint density at radius 3 is 2.92 bits per heavy atom. The quantitative estimate of drug-likeness (QED) is 0.715. The summed E-state index contributed by atoms with van der Waals surface area (Å²) in [5, 5.41) is 9.68. The summed E-state index contributed by atoms with van der Waals surface area (Å²) in [6.45, 7) is 0. The molecule has 13 heavy (non-hydrogen) atoms. The monoisotopic (exact) mass is 264 g/mol. The normalized spacial score (nSPS) is 26.2. The Morgan fingerprint density at radius 2 is 2.23 bits per heavy atom. The second-order valence-corrected chi connectivity index (χ2v) is 4.68. The zero-order chi connectivity index (χ0) is 9.59. The van der Waals surface area contributed by atoms with Crippen LogP contribution in [0.5, 0.6) is 0 Å². The summed E-state index contributed by atoms with van der Waals surface area (Å²) in [5.41, 5.74) is 1.17. The van der Waals surface area contributed by atoms with Gasteiger partial charge in [0.2, 0.25) is 0 Å². The van der Waals surface area contributed by atoms with Gasteiger partial charge in [0.15, 0.2) is 0 Å². The van der Waals surface area contributed by atoms with Crippen LogP contribution in [0.1, 0.15) is 17.2 Å². The molecule has 0 saturated heterocycles. The first kappa shape index (κ1) is 9.44. The van der Waals surface area contributed by atoms with E-state index in [-0.39, 0.29) is 9.85 Å². The second-order valence-electron chi connectivity index (χ2n) is 3.10. The Labute approximate surface area is 88.7 Å². The van der Waals surface area contributed by atoms with Gasteiger partial charge in [-0.15, -0.1) is 0 Å². The lowest BCUT2D eigenvalue weighted by Crippen LogP contribution is -2.05. The number of halogens is 3. The zero-order valence-electron chi connectivity index (χ0n) is 6.60. The third kappa shape index (κ3) is 1.39. The lowest BCUT2D eigenvalue weighted by atomic mass is 10.1. The minimum absolute atomic E-state index is 0.0689. The molecule has 0 saturated carbocycles. The second kappa shape index (κ2) is 3.23. The molecule has 0 radical (unpaired) electrons. The average Bonchev–Trinajstić information content (AvgIpc) is 2.37. The Morgan fingerprint density at radius 1 is 1.54 bits per heavy atom. The van der Waals surface area contributed by atoms with Gasteiger partial charge in [-0.1, -0.05) is 33.6 Å². The number of hydrogen-bond donors (Lipinski definition) is 1. The van der Waals surface area contributed by atoms with E-state index < -0.39 is 11.9 Å². The minimum atomic E-state index is -0.784. The Kier molecular flexibility index (Phi) is 2.34. The molecule has 0 bridgehead atoms. The molecule has 0 heterocycles. The molecular weight excluding hydrogens is 258 g/mol. The summed E-state index contributed by atoms with van der Waals surface area (Å²) in [6, 6.07) is 3.28. The van der Waals surface area contributed by atoms with Gasteiger partial charge in [-0.05, 0) is 18.1 Å². The maximum Gasteiger partial charge on any atom is 0.147 e. The lowest BCUT2D eigenvalue weighted by molar-refractivity contribution is 0.183. The van der Waals surface area contributed by atoms with Gasteiger partial charge < -0.3 is 5.11 Å². The Balaban J connectivity index is 2.59. The molecule has 1 N–H and O–H groups in total. The molecule has 1 aromatic rings. The summed E-state index contributed by atoms with van der Waals surface area (Å²) >= 11 is 8.89. The summed E-state index contributed by atoms with van der Waals surface area (Å²) < 4.78 is 13.4. The van der Waals surface area contributed by atoms with E-state index in [4.69, 9.17) is 11.6 Å². The molecule has 0 amide bonds. The molecule has 1 aliphatic carbocycles. The molecule has 1 nitrogen and oxygen atoms in total. The van der Waals surface area contributed by atoms with Crippen LogP contribution in [0.25, 0.3) is 0 Å². The smallest absolute Gasteiger partial charge is 0.147 e. The molecule has 2 unspecified atom stereocenters. The Hall–Kier alpha value is -0.120. The van der Waals surface area contributed by atoms with E-state index in [0.29, 0.717) is 12.0 Å². The molecule has 0 aliphatic heterocycles. The van der Waals surface area contributed by atoms with Crippen LogP contribution in [0.3, 0.4) is 0 Å². The fraction of sp³-hybridized carbons (Fsp3) is 0.333. The summed E-state index contributed by atoms with van der Waals surface area (Å²) in [7, 11) is 0. The molecule has 0 spiro atoms. The van der Waals surface area contributed by atoms with Gasteiger partial charge in [-0.25, -0.2) is 4.39 Å². The van der Waals surface area contributed by atoms with E-state index in [1.807, 2.05) is 0 Å². The van der Waals surface area contributed by atoms with Gasteiger partial charge in [0.25, 0.3) is 0 Å². The molecular formula is C9H7BrClFO. The average molecular weight is 266 g/mol. The van der Waals surface area contributed by atoms with Crippen LogP contribution >= 0.6 is 27.5 Å². The molecule has 1 aliphatic rings. The van der Waals surface area contributed by atoms with Crippen molar-refractivity contribution in [2.75, 3.05) is 0 Å². The van der Waals surface area contributed by atoms with Crippen LogP contribution in [0.15, 0.2) is 12.1 Å². The molecule has 1 aromatic carbocycles. The third-order valence-corrected chi connectivity index (χ3v) is 3.39. The number of aliphatic hydroxyl groups is 1. The number of benzene rings is 1. The van der Waals surface area contributed by atoms with Crippen molar-refractivity contribution in [1.29, 1.82) is 0 Å². The summed E-state index contributed by atoms with van der Waals surface area (Å²) in [6.07, 6.45) is -0.140. The number of hydrogen-bond acceptors (Lipinski definition) is 1. The van der Waals surface area contributed by atoms with Crippen molar-refractivity contribution in [3.63, 3.8) is 0 Å². The minimum Gasteiger partial charge on any atom is -0.387 e. The van der Waals surface area contributed by atoms with Crippen LogP contribution in [0, 0.1) is 5.82 Å². The van der Waals surface area contributed by atoms with E-state index in [0.717, 1.165) is 5.56 Å². The van der Waals surface area contributed by atoms with Crippen molar-refractivity contribution >= 4 is 27.5 Å². The maximum absolute atomic E-state index is 13.4. The van der Waals surface area contributed by atoms with Gasteiger partial charge in [0.1, 0.15) is 5.82 Å².